The summed E-state index contributed by atoms with van der Waals surface area (Å²) in [5.74, 6) is 1.14. The standard InChI is InChI=1S/C14H18BrNO3/c1-2-10-5-3-4-6-13(10)19-14-9-11(16(17)18)7-8-12(14)15/h7-10,13H,2-6H2,1H3. The van der Waals surface area contributed by atoms with Crippen molar-refractivity contribution in [2.45, 2.75) is 45.1 Å². The molecule has 2 atom stereocenters. The molecule has 4 nitrogen and oxygen atoms in total. The van der Waals surface area contributed by atoms with Crippen molar-refractivity contribution < 1.29 is 9.66 Å². The van der Waals surface area contributed by atoms with Crippen molar-refractivity contribution in [1.29, 1.82) is 0 Å². The molecule has 1 aliphatic carbocycles. The number of nitro benzene ring substituents is 1. The van der Waals surface area contributed by atoms with Crippen LogP contribution >= 0.6 is 15.9 Å². The molecular weight excluding hydrogens is 310 g/mol. The molecule has 0 radical (unpaired) electrons. The molecule has 1 aliphatic rings. The summed E-state index contributed by atoms with van der Waals surface area (Å²) in [6.07, 6.45) is 5.93. The van der Waals surface area contributed by atoms with Crippen LogP contribution in [0.5, 0.6) is 5.75 Å². The molecule has 1 aromatic rings. The Labute approximate surface area is 121 Å². The average Bonchev–Trinajstić information content (AvgIpc) is 2.41. The third-order valence-electron chi connectivity index (χ3n) is 3.77. The van der Waals surface area contributed by atoms with Gasteiger partial charge in [-0.15, -0.1) is 0 Å². The van der Waals surface area contributed by atoms with Crippen LogP contribution in [0.1, 0.15) is 39.0 Å². The molecule has 0 N–H and O–H groups in total. The van der Waals surface area contributed by atoms with Crippen molar-refractivity contribution in [2.24, 2.45) is 5.92 Å². The minimum Gasteiger partial charge on any atom is -0.489 e. The van der Waals surface area contributed by atoms with Gasteiger partial charge in [0.1, 0.15) is 11.9 Å². The summed E-state index contributed by atoms with van der Waals surface area (Å²) in [7, 11) is 0. The maximum atomic E-state index is 10.8. The summed E-state index contributed by atoms with van der Waals surface area (Å²) >= 11 is 3.40. The van der Waals surface area contributed by atoms with Gasteiger partial charge in [0.15, 0.2) is 0 Å². The van der Waals surface area contributed by atoms with Crippen molar-refractivity contribution in [3.8, 4) is 5.75 Å². The van der Waals surface area contributed by atoms with Crippen molar-refractivity contribution in [3.05, 3.63) is 32.8 Å². The predicted octanol–water partition coefficient (Wildman–Crippen LogP) is 4.70. The lowest BCUT2D eigenvalue weighted by Crippen LogP contribution is -2.30. The number of halogens is 1. The van der Waals surface area contributed by atoms with E-state index in [4.69, 9.17) is 4.74 Å². The molecule has 2 rings (SSSR count). The zero-order valence-electron chi connectivity index (χ0n) is 11.0. The van der Waals surface area contributed by atoms with E-state index < -0.39 is 4.92 Å². The number of non-ortho nitro benzene ring substituents is 1. The number of nitrogens with zero attached hydrogens (tertiary/aromatic N) is 1. The zero-order valence-corrected chi connectivity index (χ0v) is 12.6. The fourth-order valence-electron chi connectivity index (χ4n) is 2.65. The van der Waals surface area contributed by atoms with E-state index in [1.807, 2.05) is 0 Å². The van der Waals surface area contributed by atoms with Gasteiger partial charge in [0, 0.05) is 6.07 Å². The molecular formula is C14H18BrNO3. The van der Waals surface area contributed by atoms with Gasteiger partial charge in [-0.3, -0.25) is 10.1 Å². The Balaban J connectivity index is 2.17. The molecule has 0 amide bonds. The van der Waals surface area contributed by atoms with Crippen LogP contribution in [0.4, 0.5) is 5.69 Å². The number of hydrogen-bond acceptors (Lipinski definition) is 3. The maximum absolute atomic E-state index is 10.8. The van der Waals surface area contributed by atoms with E-state index in [-0.39, 0.29) is 11.8 Å². The van der Waals surface area contributed by atoms with E-state index >= 15 is 0 Å². The molecule has 0 aromatic heterocycles. The van der Waals surface area contributed by atoms with Gasteiger partial charge < -0.3 is 4.74 Å². The first-order chi connectivity index (χ1) is 9.11. The summed E-state index contributed by atoms with van der Waals surface area (Å²) < 4.78 is 6.81. The highest BCUT2D eigenvalue weighted by Crippen LogP contribution is 2.35. The van der Waals surface area contributed by atoms with Crippen LogP contribution in [0.2, 0.25) is 0 Å². The van der Waals surface area contributed by atoms with Crippen LogP contribution in [-0.4, -0.2) is 11.0 Å². The zero-order chi connectivity index (χ0) is 13.8. The van der Waals surface area contributed by atoms with E-state index in [1.165, 1.54) is 31.4 Å². The quantitative estimate of drug-likeness (QED) is 0.594. The Kier molecular flexibility index (Phi) is 4.80. The first kappa shape index (κ1) is 14.3. The van der Waals surface area contributed by atoms with Crippen molar-refractivity contribution >= 4 is 21.6 Å². The minimum absolute atomic E-state index is 0.0713. The smallest absolute Gasteiger partial charge is 0.273 e. The Bertz CT molecular complexity index is 464. The third kappa shape index (κ3) is 3.47. The Morgan fingerprint density at radius 2 is 2.16 bits per heavy atom. The highest BCUT2D eigenvalue weighted by atomic mass is 79.9. The Morgan fingerprint density at radius 3 is 2.84 bits per heavy atom. The summed E-state index contributed by atoms with van der Waals surface area (Å²) in [4.78, 5) is 10.4. The first-order valence-corrected chi connectivity index (χ1v) is 7.51. The number of hydrogen-bond donors (Lipinski definition) is 0. The van der Waals surface area contributed by atoms with Crippen LogP contribution < -0.4 is 4.74 Å². The molecule has 0 spiro atoms. The number of nitro groups is 1. The van der Waals surface area contributed by atoms with Gasteiger partial charge in [0.25, 0.3) is 5.69 Å². The van der Waals surface area contributed by atoms with Gasteiger partial charge in [-0.2, -0.15) is 0 Å². The Morgan fingerprint density at radius 1 is 1.42 bits per heavy atom. The summed E-state index contributed by atoms with van der Waals surface area (Å²) in [5.41, 5.74) is 0.0713. The molecule has 19 heavy (non-hydrogen) atoms. The highest BCUT2D eigenvalue weighted by Gasteiger charge is 2.26. The highest BCUT2D eigenvalue weighted by molar-refractivity contribution is 9.10. The second kappa shape index (κ2) is 6.37. The van der Waals surface area contributed by atoms with Gasteiger partial charge in [-0.25, -0.2) is 0 Å². The largest absolute Gasteiger partial charge is 0.489 e. The molecule has 5 heteroatoms. The minimum atomic E-state index is -0.391. The normalized spacial score (nSPS) is 23.1. The van der Waals surface area contributed by atoms with Crippen molar-refractivity contribution in [2.75, 3.05) is 0 Å². The van der Waals surface area contributed by atoms with Gasteiger partial charge in [-0.05, 0) is 53.6 Å². The van der Waals surface area contributed by atoms with Crippen LogP contribution in [-0.2, 0) is 0 Å². The Hall–Kier alpha value is -1.10. The SMILES string of the molecule is CCC1CCCCC1Oc1cc([N+](=O)[O-])ccc1Br. The second-order valence-corrected chi connectivity index (χ2v) is 5.84. The van der Waals surface area contributed by atoms with Crippen molar-refractivity contribution in [1.82, 2.24) is 0 Å². The van der Waals surface area contributed by atoms with Gasteiger partial charge >= 0.3 is 0 Å². The number of ether oxygens (including phenoxy) is 1. The van der Waals surface area contributed by atoms with E-state index in [9.17, 15) is 10.1 Å². The summed E-state index contributed by atoms with van der Waals surface area (Å²) in [6.45, 7) is 2.18. The molecule has 1 aromatic carbocycles. The molecule has 0 heterocycles. The maximum Gasteiger partial charge on any atom is 0.273 e. The van der Waals surface area contributed by atoms with Gasteiger partial charge in [0.2, 0.25) is 0 Å². The molecule has 0 saturated heterocycles. The number of benzene rings is 1. The summed E-state index contributed by atoms with van der Waals surface area (Å²) in [5, 5.41) is 10.8. The molecule has 1 saturated carbocycles. The van der Waals surface area contributed by atoms with Crippen LogP contribution in [0, 0.1) is 16.0 Å². The second-order valence-electron chi connectivity index (χ2n) is 4.98. The van der Waals surface area contributed by atoms with Crippen molar-refractivity contribution in [3.63, 3.8) is 0 Å². The third-order valence-corrected chi connectivity index (χ3v) is 4.42. The van der Waals surface area contributed by atoms with E-state index in [2.05, 4.69) is 22.9 Å². The topological polar surface area (TPSA) is 52.4 Å². The predicted molar refractivity (Wildman–Crippen MR) is 77.5 cm³/mol. The molecule has 0 bridgehead atoms. The van der Waals surface area contributed by atoms with Gasteiger partial charge in [0.05, 0.1) is 15.5 Å². The van der Waals surface area contributed by atoms with E-state index in [0.717, 1.165) is 17.3 Å². The fourth-order valence-corrected chi connectivity index (χ4v) is 2.99. The fraction of sp³-hybridized carbons (Fsp3) is 0.571. The van der Waals surface area contributed by atoms with Crippen LogP contribution in [0.15, 0.2) is 22.7 Å². The lowest BCUT2D eigenvalue weighted by atomic mass is 9.85. The monoisotopic (exact) mass is 327 g/mol. The molecule has 104 valence electrons. The molecule has 1 fully saturated rings. The summed E-state index contributed by atoms with van der Waals surface area (Å²) in [6, 6.07) is 4.66. The molecule has 0 aliphatic heterocycles. The van der Waals surface area contributed by atoms with Crippen LogP contribution in [0.3, 0.4) is 0 Å². The number of rotatable bonds is 4. The average molecular weight is 328 g/mol. The van der Waals surface area contributed by atoms with E-state index in [0.29, 0.717) is 11.7 Å². The van der Waals surface area contributed by atoms with Gasteiger partial charge in [-0.1, -0.05) is 13.3 Å². The van der Waals surface area contributed by atoms with E-state index in [1.54, 1.807) is 6.07 Å². The van der Waals surface area contributed by atoms with Crippen LogP contribution in [0.25, 0.3) is 0 Å². The lowest BCUT2D eigenvalue weighted by Gasteiger charge is -2.31. The lowest BCUT2D eigenvalue weighted by molar-refractivity contribution is -0.385. The molecule has 2 unspecified atom stereocenters. The first-order valence-electron chi connectivity index (χ1n) is 6.72.